The molecule has 5 heteroatoms. The smallest absolute Gasteiger partial charge is 0.382 e. The maximum atomic E-state index is 12.5. The number of halogens is 3. The van der Waals surface area contributed by atoms with Crippen molar-refractivity contribution in [2.24, 2.45) is 11.1 Å². The average molecular weight is 274 g/mol. The second-order valence-corrected chi connectivity index (χ2v) is 5.72. The van der Waals surface area contributed by atoms with Gasteiger partial charge in [-0.05, 0) is 42.6 Å². The molecule has 0 radical (unpaired) electrons. The normalized spacial score (nSPS) is 14.3. The van der Waals surface area contributed by atoms with E-state index in [2.05, 4.69) is 26.1 Å². The van der Waals surface area contributed by atoms with E-state index in [1.54, 1.807) is 0 Å². The van der Waals surface area contributed by atoms with Crippen LogP contribution in [0.5, 0.6) is 0 Å². The molecule has 0 saturated carbocycles. The molecule has 3 N–H and O–H groups in total. The molecular weight excluding hydrogens is 253 g/mol. The van der Waals surface area contributed by atoms with Gasteiger partial charge in [-0.2, -0.15) is 13.2 Å². The molecule has 108 valence electrons. The molecule has 1 aromatic rings. The van der Waals surface area contributed by atoms with Crippen molar-refractivity contribution in [2.75, 3.05) is 11.9 Å². The third-order valence-corrected chi connectivity index (χ3v) is 3.05. The Hall–Kier alpha value is -1.23. The van der Waals surface area contributed by atoms with Gasteiger partial charge in [-0.1, -0.05) is 20.8 Å². The van der Waals surface area contributed by atoms with E-state index in [0.717, 1.165) is 18.6 Å². The van der Waals surface area contributed by atoms with E-state index in [-0.39, 0.29) is 11.5 Å². The van der Waals surface area contributed by atoms with Crippen LogP contribution in [0.1, 0.15) is 32.8 Å². The van der Waals surface area contributed by atoms with E-state index in [4.69, 9.17) is 5.73 Å². The summed E-state index contributed by atoms with van der Waals surface area (Å²) in [5, 5.41) is 3.25. The summed E-state index contributed by atoms with van der Waals surface area (Å²) in [5.74, 6) is 0. The number of nitrogens with two attached hydrogens (primary N) is 1. The highest BCUT2D eigenvalue weighted by molar-refractivity contribution is 5.46. The molecule has 1 aromatic carbocycles. The number of nitrogens with one attached hydrogen (secondary N) is 1. The first-order chi connectivity index (χ1) is 8.64. The number of rotatable bonds is 4. The molecule has 0 heterocycles. The monoisotopic (exact) mass is 274 g/mol. The minimum atomic E-state index is -4.29. The van der Waals surface area contributed by atoms with Crippen LogP contribution < -0.4 is 11.1 Å². The Kier molecular flexibility index (Phi) is 4.85. The highest BCUT2D eigenvalue weighted by atomic mass is 19.4. The average Bonchev–Trinajstić information content (AvgIpc) is 2.26. The van der Waals surface area contributed by atoms with Crippen molar-refractivity contribution in [1.29, 1.82) is 0 Å². The van der Waals surface area contributed by atoms with Crippen LogP contribution in [0, 0.1) is 5.41 Å². The standard InChI is InChI=1S/C14H21F3N2/c1-13(2,3)12(8-9-18)19-11-6-4-10(5-7-11)14(15,16)17/h4-7,12,19H,8-9,18H2,1-3H3. The van der Waals surface area contributed by atoms with Crippen LogP contribution in [0.2, 0.25) is 0 Å². The summed E-state index contributed by atoms with van der Waals surface area (Å²) < 4.78 is 37.4. The number of hydrogen-bond acceptors (Lipinski definition) is 2. The lowest BCUT2D eigenvalue weighted by Gasteiger charge is -2.32. The molecule has 0 saturated heterocycles. The van der Waals surface area contributed by atoms with Gasteiger partial charge in [0.15, 0.2) is 0 Å². The molecule has 1 atom stereocenters. The fourth-order valence-corrected chi connectivity index (χ4v) is 1.84. The number of alkyl halides is 3. The lowest BCUT2D eigenvalue weighted by Crippen LogP contribution is -2.35. The van der Waals surface area contributed by atoms with Crippen LogP contribution in [0.3, 0.4) is 0 Å². The van der Waals surface area contributed by atoms with Gasteiger partial charge < -0.3 is 11.1 Å². The zero-order valence-electron chi connectivity index (χ0n) is 11.5. The first-order valence-corrected chi connectivity index (χ1v) is 6.28. The van der Waals surface area contributed by atoms with Crippen molar-refractivity contribution >= 4 is 5.69 Å². The van der Waals surface area contributed by atoms with Gasteiger partial charge in [0.05, 0.1) is 5.56 Å². The van der Waals surface area contributed by atoms with Crippen molar-refractivity contribution in [2.45, 2.75) is 39.4 Å². The highest BCUT2D eigenvalue weighted by Crippen LogP contribution is 2.31. The van der Waals surface area contributed by atoms with Crippen molar-refractivity contribution in [3.05, 3.63) is 29.8 Å². The molecular formula is C14H21F3N2. The molecule has 0 amide bonds. The molecule has 1 rings (SSSR count). The number of benzene rings is 1. The summed E-state index contributed by atoms with van der Waals surface area (Å²) in [6.45, 7) is 6.76. The summed E-state index contributed by atoms with van der Waals surface area (Å²) in [7, 11) is 0. The van der Waals surface area contributed by atoms with Crippen molar-refractivity contribution in [3.63, 3.8) is 0 Å². The lowest BCUT2D eigenvalue weighted by atomic mass is 9.84. The van der Waals surface area contributed by atoms with E-state index < -0.39 is 11.7 Å². The predicted molar refractivity (Wildman–Crippen MR) is 72.0 cm³/mol. The maximum Gasteiger partial charge on any atom is 0.416 e. The van der Waals surface area contributed by atoms with Gasteiger partial charge in [0.1, 0.15) is 0 Å². The van der Waals surface area contributed by atoms with E-state index in [1.165, 1.54) is 12.1 Å². The van der Waals surface area contributed by atoms with Gasteiger partial charge in [0, 0.05) is 11.7 Å². The molecule has 0 aromatic heterocycles. The zero-order chi connectivity index (χ0) is 14.7. The third kappa shape index (κ3) is 4.74. The minimum Gasteiger partial charge on any atom is -0.382 e. The second kappa shape index (κ2) is 5.82. The Morgan fingerprint density at radius 1 is 1.11 bits per heavy atom. The topological polar surface area (TPSA) is 38.0 Å². The Balaban J connectivity index is 2.81. The number of anilines is 1. The first-order valence-electron chi connectivity index (χ1n) is 6.28. The van der Waals surface area contributed by atoms with E-state index >= 15 is 0 Å². The maximum absolute atomic E-state index is 12.5. The van der Waals surface area contributed by atoms with Crippen LogP contribution in [0.15, 0.2) is 24.3 Å². The van der Waals surface area contributed by atoms with Crippen molar-refractivity contribution < 1.29 is 13.2 Å². The summed E-state index contributed by atoms with van der Waals surface area (Å²) >= 11 is 0. The predicted octanol–water partition coefficient (Wildman–Crippen LogP) is 3.88. The summed E-state index contributed by atoms with van der Waals surface area (Å²) in [6.07, 6.45) is -3.52. The SMILES string of the molecule is CC(C)(C)C(CCN)Nc1ccc(C(F)(F)F)cc1. The lowest BCUT2D eigenvalue weighted by molar-refractivity contribution is -0.137. The molecule has 0 bridgehead atoms. The van der Waals surface area contributed by atoms with Crippen LogP contribution in [0.4, 0.5) is 18.9 Å². The highest BCUT2D eigenvalue weighted by Gasteiger charge is 2.30. The first kappa shape index (κ1) is 15.8. The van der Waals surface area contributed by atoms with Gasteiger partial charge in [-0.25, -0.2) is 0 Å². The van der Waals surface area contributed by atoms with E-state index in [9.17, 15) is 13.2 Å². The largest absolute Gasteiger partial charge is 0.416 e. The van der Waals surface area contributed by atoms with E-state index in [0.29, 0.717) is 12.2 Å². The molecule has 0 aliphatic heterocycles. The quantitative estimate of drug-likeness (QED) is 0.874. The Morgan fingerprint density at radius 2 is 1.63 bits per heavy atom. The van der Waals surface area contributed by atoms with Crippen LogP contribution in [-0.2, 0) is 6.18 Å². The Morgan fingerprint density at radius 3 is 2.00 bits per heavy atom. The summed E-state index contributed by atoms with van der Waals surface area (Å²) in [4.78, 5) is 0. The van der Waals surface area contributed by atoms with Crippen LogP contribution in [0.25, 0.3) is 0 Å². The summed E-state index contributed by atoms with van der Waals surface area (Å²) in [6, 6.07) is 5.21. The van der Waals surface area contributed by atoms with Gasteiger partial charge in [-0.15, -0.1) is 0 Å². The van der Waals surface area contributed by atoms with Crippen LogP contribution >= 0.6 is 0 Å². The minimum absolute atomic E-state index is 0.0118. The number of hydrogen-bond donors (Lipinski definition) is 2. The van der Waals surface area contributed by atoms with Gasteiger partial charge in [0.25, 0.3) is 0 Å². The van der Waals surface area contributed by atoms with Gasteiger partial charge >= 0.3 is 6.18 Å². The van der Waals surface area contributed by atoms with Crippen molar-refractivity contribution in [1.82, 2.24) is 0 Å². The summed E-state index contributed by atoms with van der Waals surface area (Å²) in [5.41, 5.74) is 5.61. The molecule has 19 heavy (non-hydrogen) atoms. The molecule has 2 nitrogen and oxygen atoms in total. The molecule has 1 unspecified atom stereocenters. The van der Waals surface area contributed by atoms with Crippen LogP contribution in [-0.4, -0.2) is 12.6 Å². The van der Waals surface area contributed by atoms with Gasteiger partial charge in [0.2, 0.25) is 0 Å². The Bertz CT molecular complexity index is 391. The molecule has 0 fully saturated rings. The molecule has 0 aliphatic rings. The van der Waals surface area contributed by atoms with Crippen molar-refractivity contribution in [3.8, 4) is 0 Å². The molecule has 0 spiro atoms. The fraction of sp³-hybridized carbons (Fsp3) is 0.571. The molecule has 0 aliphatic carbocycles. The van der Waals surface area contributed by atoms with Gasteiger partial charge in [-0.3, -0.25) is 0 Å². The second-order valence-electron chi connectivity index (χ2n) is 5.72. The Labute approximate surface area is 112 Å². The van der Waals surface area contributed by atoms with E-state index in [1.807, 2.05) is 0 Å². The third-order valence-electron chi connectivity index (χ3n) is 3.05. The fourth-order valence-electron chi connectivity index (χ4n) is 1.84. The zero-order valence-corrected chi connectivity index (χ0v) is 11.5.